The van der Waals surface area contributed by atoms with Crippen LogP contribution in [-0.2, 0) is 11.3 Å². The zero-order valence-electron chi connectivity index (χ0n) is 15.0. The van der Waals surface area contributed by atoms with E-state index in [0.717, 1.165) is 29.9 Å². The van der Waals surface area contributed by atoms with E-state index in [0.29, 0.717) is 6.42 Å². The first kappa shape index (κ1) is 15.9. The number of nitrogens with zero attached hydrogens (tertiary/aromatic N) is 3. The second-order valence-corrected chi connectivity index (χ2v) is 7.15. The SMILES string of the molecule is Cc1ccc(C)c(Cn2c(C3CC(=O)N(C)C3)nc3ccccc32)c1. The first-order chi connectivity index (χ1) is 12.0. The summed E-state index contributed by atoms with van der Waals surface area (Å²) in [5.41, 5.74) is 6.00. The van der Waals surface area contributed by atoms with Crippen LogP contribution in [0.1, 0.15) is 34.9 Å². The molecule has 1 fully saturated rings. The van der Waals surface area contributed by atoms with Gasteiger partial charge in [0.2, 0.25) is 5.91 Å². The summed E-state index contributed by atoms with van der Waals surface area (Å²) >= 11 is 0. The zero-order chi connectivity index (χ0) is 17.6. The molecule has 1 unspecified atom stereocenters. The molecule has 4 rings (SSSR count). The minimum atomic E-state index is 0.162. The Hall–Kier alpha value is -2.62. The molecule has 1 aromatic heterocycles. The third-order valence-corrected chi connectivity index (χ3v) is 5.22. The molecule has 25 heavy (non-hydrogen) atoms. The van der Waals surface area contributed by atoms with E-state index in [-0.39, 0.29) is 11.8 Å². The number of carbonyl (C=O) groups is 1. The average molecular weight is 333 g/mol. The van der Waals surface area contributed by atoms with Gasteiger partial charge >= 0.3 is 0 Å². The molecule has 1 aliphatic heterocycles. The summed E-state index contributed by atoms with van der Waals surface area (Å²) in [6.45, 7) is 5.81. The Balaban J connectivity index is 1.82. The molecule has 0 aliphatic carbocycles. The van der Waals surface area contributed by atoms with Gasteiger partial charge in [0.15, 0.2) is 0 Å². The number of benzene rings is 2. The summed E-state index contributed by atoms with van der Waals surface area (Å²) in [5.74, 6) is 1.39. The second-order valence-electron chi connectivity index (χ2n) is 7.15. The van der Waals surface area contributed by atoms with Crippen LogP contribution in [0.15, 0.2) is 42.5 Å². The molecule has 1 aliphatic rings. The standard InChI is InChI=1S/C21H23N3O/c1-14-8-9-15(2)16(10-14)13-24-19-7-5-4-6-18(19)22-21(24)17-11-20(25)23(3)12-17/h4-10,17H,11-13H2,1-3H3. The summed E-state index contributed by atoms with van der Waals surface area (Å²) in [7, 11) is 1.88. The number of aromatic nitrogens is 2. The minimum Gasteiger partial charge on any atom is -0.345 e. The van der Waals surface area contributed by atoms with E-state index in [1.165, 1.54) is 16.7 Å². The lowest BCUT2D eigenvalue weighted by Crippen LogP contribution is -2.19. The van der Waals surface area contributed by atoms with E-state index in [1.807, 2.05) is 18.0 Å². The van der Waals surface area contributed by atoms with Gasteiger partial charge in [-0.1, -0.05) is 35.9 Å². The number of aryl methyl sites for hydroxylation is 2. The van der Waals surface area contributed by atoms with E-state index < -0.39 is 0 Å². The topological polar surface area (TPSA) is 38.1 Å². The molecular weight excluding hydrogens is 310 g/mol. The van der Waals surface area contributed by atoms with Crippen LogP contribution in [0.5, 0.6) is 0 Å². The van der Waals surface area contributed by atoms with Gasteiger partial charge in [0, 0.05) is 32.5 Å². The fraction of sp³-hybridized carbons (Fsp3) is 0.333. The van der Waals surface area contributed by atoms with Crippen molar-refractivity contribution < 1.29 is 4.79 Å². The number of hydrogen-bond donors (Lipinski definition) is 0. The summed E-state index contributed by atoms with van der Waals surface area (Å²) in [5, 5.41) is 0. The van der Waals surface area contributed by atoms with E-state index in [9.17, 15) is 4.79 Å². The molecule has 0 spiro atoms. The van der Waals surface area contributed by atoms with Gasteiger partial charge in [0.1, 0.15) is 5.82 Å². The van der Waals surface area contributed by atoms with Crippen molar-refractivity contribution in [3.63, 3.8) is 0 Å². The van der Waals surface area contributed by atoms with Crippen LogP contribution in [0.4, 0.5) is 0 Å². The predicted octanol–water partition coefficient (Wildman–Crippen LogP) is 3.65. The van der Waals surface area contributed by atoms with Gasteiger partial charge in [-0.2, -0.15) is 0 Å². The lowest BCUT2D eigenvalue weighted by molar-refractivity contribution is -0.126. The zero-order valence-corrected chi connectivity index (χ0v) is 15.0. The summed E-state index contributed by atoms with van der Waals surface area (Å²) in [6.07, 6.45) is 0.548. The first-order valence-electron chi connectivity index (χ1n) is 8.78. The van der Waals surface area contributed by atoms with Crippen LogP contribution >= 0.6 is 0 Å². The maximum atomic E-state index is 12.0. The number of imidazole rings is 1. The maximum absolute atomic E-state index is 12.0. The molecule has 0 bridgehead atoms. The molecule has 128 valence electrons. The van der Waals surface area contributed by atoms with Crippen molar-refractivity contribution in [2.75, 3.05) is 13.6 Å². The van der Waals surface area contributed by atoms with Gasteiger partial charge in [-0.15, -0.1) is 0 Å². The first-order valence-corrected chi connectivity index (χ1v) is 8.78. The third-order valence-electron chi connectivity index (χ3n) is 5.22. The summed E-state index contributed by atoms with van der Waals surface area (Å²) in [6, 6.07) is 14.8. The molecule has 1 saturated heterocycles. The number of fused-ring (bicyclic) bond motifs is 1. The normalized spacial score (nSPS) is 17.6. The smallest absolute Gasteiger partial charge is 0.223 e. The minimum absolute atomic E-state index is 0.162. The number of para-hydroxylation sites is 2. The largest absolute Gasteiger partial charge is 0.345 e. The Labute approximate surface area is 148 Å². The molecule has 2 aromatic carbocycles. The fourth-order valence-electron chi connectivity index (χ4n) is 3.75. The summed E-state index contributed by atoms with van der Waals surface area (Å²) < 4.78 is 2.30. The van der Waals surface area contributed by atoms with Gasteiger partial charge in [0.05, 0.1) is 11.0 Å². The molecule has 2 heterocycles. The van der Waals surface area contributed by atoms with Crippen molar-refractivity contribution in [3.05, 3.63) is 65.0 Å². The van der Waals surface area contributed by atoms with Crippen LogP contribution in [-0.4, -0.2) is 34.0 Å². The van der Waals surface area contributed by atoms with Crippen LogP contribution < -0.4 is 0 Å². The van der Waals surface area contributed by atoms with Crippen LogP contribution in [0.25, 0.3) is 11.0 Å². The molecule has 3 aromatic rings. The van der Waals surface area contributed by atoms with E-state index in [1.54, 1.807) is 0 Å². The lowest BCUT2D eigenvalue weighted by Gasteiger charge is -2.15. The number of likely N-dealkylation sites (tertiary alicyclic amines) is 1. The fourth-order valence-corrected chi connectivity index (χ4v) is 3.75. The third kappa shape index (κ3) is 2.82. The van der Waals surface area contributed by atoms with E-state index in [2.05, 4.69) is 54.8 Å². The second kappa shape index (κ2) is 6.03. The molecule has 0 radical (unpaired) electrons. The highest BCUT2D eigenvalue weighted by atomic mass is 16.2. The molecule has 1 amide bonds. The van der Waals surface area contributed by atoms with Crippen molar-refractivity contribution in [2.24, 2.45) is 0 Å². The van der Waals surface area contributed by atoms with Gasteiger partial charge in [-0.05, 0) is 37.1 Å². The molecular formula is C21H23N3O. The Morgan fingerprint density at radius 2 is 1.96 bits per heavy atom. The van der Waals surface area contributed by atoms with Crippen LogP contribution in [0.3, 0.4) is 0 Å². The molecule has 0 saturated carbocycles. The predicted molar refractivity (Wildman–Crippen MR) is 99.7 cm³/mol. The van der Waals surface area contributed by atoms with Crippen molar-refractivity contribution in [1.29, 1.82) is 0 Å². The van der Waals surface area contributed by atoms with Gasteiger partial charge in [0.25, 0.3) is 0 Å². The number of likely N-dealkylation sites (N-methyl/N-ethyl adjacent to an activating group) is 1. The molecule has 4 nitrogen and oxygen atoms in total. The lowest BCUT2D eigenvalue weighted by atomic mass is 10.0. The molecule has 4 heteroatoms. The van der Waals surface area contributed by atoms with Crippen molar-refractivity contribution >= 4 is 16.9 Å². The Kier molecular flexibility index (Phi) is 3.83. The highest BCUT2D eigenvalue weighted by Crippen LogP contribution is 2.30. The Morgan fingerprint density at radius 3 is 2.72 bits per heavy atom. The monoisotopic (exact) mass is 333 g/mol. The number of amides is 1. The van der Waals surface area contributed by atoms with E-state index in [4.69, 9.17) is 4.98 Å². The van der Waals surface area contributed by atoms with Crippen molar-refractivity contribution in [3.8, 4) is 0 Å². The molecule has 1 atom stereocenters. The quantitative estimate of drug-likeness (QED) is 0.734. The van der Waals surface area contributed by atoms with Crippen LogP contribution in [0.2, 0.25) is 0 Å². The number of rotatable bonds is 3. The van der Waals surface area contributed by atoms with Gasteiger partial charge in [-0.25, -0.2) is 4.98 Å². The number of hydrogen-bond acceptors (Lipinski definition) is 2. The van der Waals surface area contributed by atoms with Crippen molar-refractivity contribution in [2.45, 2.75) is 32.7 Å². The molecule has 0 N–H and O–H groups in total. The Morgan fingerprint density at radius 1 is 1.16 bits per heavy atom. The number of carbonyl (C=O) groups excluding carboxylic acids is 1. The highest BCUT2D eigenvalue weighted by Gasteiger charge is 2.32. The summed E-state index contributed by atoms with van der Waals surface area (Å²) in [4.78, 5) is 18.7. The average Bonchev–Trinajstić information content (AvgIpc) is 3.12. The van der Waals surface area contributed by atoms with E-state index >= 15 is 0 Å². The maximum Gasteiger partial charge on any atom is 0.223 e. The van der Waals surface area contributed by atoms with Gasteiger partial charge in [-0.3, -0.25) is 4.79 Å². The van der Waals surface area contributed by atoms with Crippen LogP contribution in [0, 0.1) is 13.8 Å². The Bertz CT molecular complexity index is 957. The van der Waals surface area contributed by atoms with Crippen molar-refractivity contribution in [1.82, 2.24) is 14.5 Å². The van der Waals surface area contributed by atoms with Gasteiger partial charge < -0.3 is 9.47 Å². The highest BCUT2D eigenvalue weighted by molar-refractivity contribution is 5.80.